The van der Waals surface area contributed by atoms with Crippen LogP contribution in [-0.4, -0.2) is 35.0 Å². The molecule has 16 heavy (non-hydrogen) atoms. The van der Waals surface area contributed by atoms with Crippen LogP contribution in [0.25, 0.3) is 0 Å². The minimum atomic E-state index is 0.281. The molecule has 0 radical (unpaired) electrons. The molecule has 0 aromatic rings. The van der Waals surface area contributed by atoms with Crippen LogP contribution in [0.3, 0.4) is 0 Å². The minimum Gasteiger partial charge on any atom is -0.360 e. The molecule has 0 aromatic carbocycles. The number of nitrogens with zero attached hydrogens (tertiary/aromatic N) is 1. The van der Waals surface area contributed by atoms with Crippen molar-refractivity contribution in [1.29, 1.82) is 0 Å². The maximum atomic E-state index is 4.66. The second kappa shape index (κ2) is 7.49. The zero-order valence-corrected chi connectivity index (χ0v) is 12.3. The molecule has 1 aliphatic rings. The Hall–Kier alpha value is 0.170. The van der Waals surface area contributed by atoms with Crippen LogP contribution in [0.1, 0.15) is 39.5 Å². The molecule has 1 aliphatic heterocycles. The highest BCUT2D eigenvalue weighted by Gasteiger charge is 2.27. The number of amidine groups is 1. The van der Waals surface area contributed by atoms with Gasteiger partial charge in [-0.05, 0) is 44.6 Å². The lowest BCUT2D eigenvalue weighted by atomic mass is 9.96. The van der Waals surface area contributed by atoms with Gasteiger partial charge in [-0.1, -0.05) is 18.7 Å². The van der Waals surface area contributed by atoms with Gasteiger partial charge in [-0.25, -0.2) is 0 Å². The topological polar surface area (TPSA) is 24.4 Å². The van der Waals surface area contributed by atoms with E-state index in [4.69, 9.17) is 0 Å². The third-order valence-corrected chi connectivity index (χ3v) is 4.70. The fourth-order valence-electron chi connectivity index (χ4n) is 1.62. The number of nitrogens with one attached hydrogen (secondary N) is 1. The molecule has 1 N–H and O–H groups in total. The summed E-state index contributed by atoms with van der Waals surface area (Å²) < 4.78 is 0. The van der Waals surface area contributed by atoms with E-state index in [1.165, 1.54) is 42.4 Å². The van der Waals surface area contributed by atoms with Gasteiger partial charge in [-0.15, -0.1) is 0 Å². The maximum absolute atomic E-state index is 4.66. The Balaban J connectivity index is 2.27. The van der Waals surface area contributed by atoms with E-state index in [2.05, 4.69) is 30.4 Å². The van der Waals surface area contributed by atoms with Crippen LogP contribution in [0.2, 0.25) is 0 Å². The number of hydrogen-bond acceptors (Lipinski definition) is 3. The lowest BCUT2D eigenvalue weighted by molar-refractivity contribution is 0.390. The summed E-state index contributed by atoms with van der Waals surface area (Å²) >= 11 is 3.80. The van der Waals surface area contributed by atoms with Gasteiger partial charge in [0.1, 0.15) is 0 Å². The molecule has 1 unspecified atom stereocenters. The summed E-state index contributed by atoms with van der Waals surface area (Å²) in [5.74, 6) is 2.47. The van der Waals surface area contributed by atoms with Crippen molar-refractivity contribution in [3.63, 3.8) is 0 Å². The van der Waals surface area contributed by atoms with Crippen molar-refractivity contribution >= 4 is 28.7 Å². The van der Waals surface area contributed by atoms with Crippen molar-refractivity contribution in [3.8, 4) is 0 Å². The van der Waals surface area contributed by atoms with Crippen LogP contribution in [0.4, 0.5) is 0 Å². The van der Waals surface area contributed by atoms with E-state index in [9.17, 15) is 0 Å². The molecule has 0 aliphatic carbocycles. The van der Waals surface area contributed by atoms with Crippen LogP contribution in [0.15, 0.2) is 4.99 Å². The van der Waals surface area contributed by atoms with Crippen molar-refractivity contribution in [1.82, 2.24) is 5.32 Å². The van der Waals surface area contributed by atoms with Crippen LogP contribution in [0.5, 0.6) is 0 Å². The standard InChI is InChI=1S/C12H24N2S2/c1-4-12(2)7-10-16-11(14-12)13-8-5-6-9-15-3/h4-10H2,1-3H3,(H,13,14). The predicted molar refractivity (Wildman–Crippen MR) is 78.8 cm³/mol. The van der Waals surface area contributed by atoms with Crippen LogP contribution < -0.4 is 5.32 Å². The molecule has 2 nitrogen and oxygen atoms in total. The van der Waals surface area contributed by atoms with Gasteiger partial charge < -0.3 is 5.32 Å². The Bertz CT molecular complexity index is 231. The molecule has 0 aromatic heterocycles. The second-order valence-corrected chi connectivity index (χ2v) is 6.59. The van der Waals surface area contributed by atoms with Crippen LogP contribution in [-0.2, 0) is 0 Å². The van der Waals surface area contributed by atoms with Gasteiger partial charge in [0.05, 0.1) is 0 Å². The van der Waals surface area contributed by atoms with Crippen molar-refractivity contribution in [2.75, 3.05) is 24.3 Å². The zero-order valence-electron chi connectivity index (χ0n) is 10.7. The Morgan fingerprint density at radius 2 is 2.31 bits per heavy atom. The smallest absolute Gasteiger partial charge is 0.156 e. The number of aliphatic imine (C=N–C) groups is 1. The fourth-order valence-corrected chi connectivity index (χ4v) is 3.36. The third-order valence-electron chi connectivity index (χ3n) is 3.09. The molecule has 0 saturated carbocycles. The van der Waals surface area contributed by atoms with Gasteiger partial charge in [-0.3, -0.25) is 4.99 Å². The molecule has 0 amide bonds. The Morgan fingerprint density at radius 3 is 3.00 bits per heavy atom. The molecule has 1 fully saturated rings. The lowest BCUT2D eigenvalue weighted by Gasteiger charge is -2.35. The average Bonchev–Trinajstić information content (AvgIpc) is 2.29. The molecule has 0 bridgehead atoms. The highest BCUT2D eigenvalue weighted by molar-refractivity contribution is 8.13. The normalized spacial score (nSPS) is 28.1. The molecular weight excluding hydrogens is 236 g/mol. The molecule has 94 valence electrons. The van der Waals surface area contributed by atoms with Gasteiger partial charge in [-0.2, -0.15) is 11.8 Å². The monoisotopic (exact) mass is 260 g/mol. The summed E-state index contributed by atoms with van der Waals surface area (Å²) in [5, 5.41) is 4.74. The number of unbranched alkanes of at least 4 members (excludes halogenated alkanes) is 1. The van der Waals surface area contributed by atoms with E-state index >= 15 is 0 Å². The fraction of sp³-hybridized carbons (Fsp3) is 0.917. The van der Waals surface area contributed by atoms with Crippen molar-refractivity contribution in [2.45, 2.75) is 45.1 Å². The number of hydrogen-bond donors (Lipinski definition) is 1. The Kier molecular flexibility index (Phi) is 6.66. The highest BCUT2D eigenvalue weighted by atomic mass is 32.2. The first-order valence-electron chi connectivity index (χ1n) is 6.14. The predicted octanol–water partition coefficient (Wildman–Crippen LogP) is 3.38. The highest BCUT2D eigenvalue weighted by Crippen LogP contribution is 2.24. The minimum absolute atomic E-state index is 0.281. The van der Waals surface area contributed by atoms with Gasteiger partial charge in [0, 0.05) is 17.8 Å². The Labute approximate surface area is 108 Å². The quantitative estimate of drug-likeness (QED) is 0.741. The summed E-state index contributed by atoms with van der Waals surface area (Å²) in [5.41, 5.74) is 0.281. The van der Waals surface area contributed by atoms with Gasteiger partial charge in [0.2, 0.25) is 0 Å². The lowest BCUT2D eigenvalue weighted by Crippen LogP contribution is -2.48. The zero-order chi connectivity index (χ0) is 11.9. The van der Waals surface area contributed by atoms with E-state index in [-0.39, 0.29) is 5.54 Å². The first-order chi connectivity index (χ1) is 7.70. The summed E-state index contributed by atoms with van der Waals surface area (Å²) in [6.07, 6.45) is 7.10. The molecule has 1 rings (SSSR count). The summed E-state index contributed by atoms with van der Waals surface area (Å²) in [6, 6.07) is 0. The average molecular weight is 260 g/mol. The molecule has 4 heteroatoms. The number of thioether (sulfide) groups is 2. The Morgan fingerprint density at radius 1 is 1.50 bits per heavy atom. The van der Waals surface area contributed by atoms with Gasteiger partial charge in [0.25, 0.3) is 0 Å². The van der Waals surface area contributed by atoms with Crippen LogP contribution in [0, 0.1) is 0 Å². The van der Waals surface area contributed by atoms with E-state index < -0.39 is 0 Å². The summed E-state index contributed by atoms with van der Waals surface area (Å²) in [7, 11) is 0. The maximum Gasteiger partial charge on any atom is 0.156 e. The van der Waals surface area contributed by atoms with E-state index in [1.54, 1.807) is 0 Å². The molecule has 1 saturated heterocycles. The number of rotatable bonds is 6. The SMILES string of the molecule is CCC1(C)CCSC(=NCCCCSC)N1. The van der Waals surface area contributed by atoms with E-state index in [0.29, 0.717) is 0 Å². The van der Waals surface area contributed by atoms with Gasteiger partial charge in [0.15, 0.2) is 5.17 Å². The largest absolute Gasteiger partial charge is 0.360 e. The van der Waals surface area contributed by atoms with Gasteiger partial charge >= 0.3 is 0 Å². The third kappa shape index (κ3) is 5.00. The first kappa shape index (κ1) is 14.2. The molecular formula is C12H24N2S2. The van der Waals surface area contributed by atoms with E-state index in [1.807, 2.05) is 23.5 Å². The second-order valence-electron chi connectivity index (χ2n) is 4.52. The first-order valence-corrected chi connectivity index (χ1v) is 8.52. The molecule has 0 spiro atoms. The summed E-state index contributed by atoms with van der Waals surface area (Å²) in [6.45, 7) is 5.53. The van der Waals surface area contributed by atoms with Crippen LogP contribution >= 0.6 is 23.5 Å². The van der Waals surface area contributed by atoms with Crippen molar-refractivity contribution < 1.29 is 0 Å². The molecule has 1 atom stereocenters. The molecule has 1 heterocycles. The van der Waals surface area contributed by atoms with Crippen molar-refractivity contribution in [3.05, 3.63) is 0 Å². The summed E-state index contributed by atoms with van der Waals surface area (Å²) in [4.78, 5) is 4.66. The van der Waals surface area contributed by atoms with Crippen molar-refractivity contribution in [2.24, 2.45) is 4.99 Å². The van der Waals surface area contributed by atoms with E-state index in [0.717, 1.165) is 6.54 Å².